The third kappa shape index (κ3) is 2.85. The van der Waals surface area contributed by atoms with E-state index in [1.807, 2.05) is 0 Å². The second kappa shape index (κ2) is 5.97. The lowest BCUT2D eigenvalue weighted by Gasteiger charge is -2.58. The Morgan fingerprint density at radius 1 is 1.22 bits per heavy atom. The smallest absolute Gasteiger partial charge is 0.291 e. The Morgan fingerprint density at radius 3 is 2.85 bits per heavy atom. The molecule has 7 nitrogen and oxygen atoms in total. The number of fused-ring (bicyclic) bond motifs is 2. The topological polar surface area (TPSA) is 82.5 Å². The number of quaternary nitrogens is 1. The van der Waals surface area contributed by atoms with Gasteiger partial charge in [-0.15, -0.1) is 0 Å². The van der Waals surface area contributed by atoms with Gasteiger partial charge < -0.3 is 14.6 Å². The van der Waals surface area contributed by atoms with Crippen LogP contribution in [0.5, 0.6) is 0 Å². The highest BCUT2D eigenvalue weighted by Crippen LogP contribution is 2.44. The molecule has 4 aliphatic heterocycles. The zero-order valence-electron chi connectivity index (χ0n) is 14.8. The molecule has 140 valence electrons. The zero-order valence-corrected chi connectivity index (χ0v) is 14.8. The summed E-state index contributed by atoms with van der Waals surface area (Å²) in [6.07, 6.45) is 4.79. The number of pyridine rings is 2. The van der Waals surface area contributed by atoms with Crippen LogP contribution in [0, 0.1) is 17.1 Å². The lowest BCUT2D eigenvalue weighted by molar-refractivity contribution is -0.905. The van der Waals surface area contributed by atoms with Crippen molar-refractivity contribution in [2.45, 2.75) is 18.4 Å². The van der Waals surface area contributed by atoms with E-state index in [0.29, 0.717) is 55.1 Å². The molecule has 1 spiro atoms. The van der Waals surface area contributed by atoms with Crippen LogP contribution in [-0.4, -0.2) is 52.4 Å². The molecule has 0 unspecified atom stereocenters. The minimum absolute atomic E-state index is 0.173. The zero-order chi connectivity index (χ0) is 18.5. The van der Waals surface area contributed by atoms with Gasteiger partial charge in [-0.05, 0) is 29.8 Å². The summed E-state index contributed by atoms with van der Waals surface area (Å²) in [5.74, 6) is 0.358. The van der Waals surface area contributed by atoms with Crippen molar-refractivity contribution in [1.82, 2.24) is 9.97 Å². The molecule has 0 aliphatic carbocycles. The standard InChI is InChI=1S/C19H20FN5O2/c20-17-15(2-1-6-22-17)13-3-7-21-16(10-13)24-18-23-11-19(27-18)12-25(26)8-4-14(19)5-9-25/h1-3,6-7,10,14H,4-5,8-9,11-12H2,(H,21,23,24)/t14?,19-,25?/m0/s1. The Bertz CT molecular complexity index is 912. The molecule has 0 aromatic carbocycles. The first kappa shape index (κ1) is 16.6. The number of hydrogen-bond acceptors (Lipinski definition) is 6. The number of nitrogens with one attached hydrogen (secondary N) is 1. The van der Waals surface area contributed by atoms with Crippen LogP contribution in [-0.2, 0) is 4.74 Å². The van der Waals surface area contributed by atoms with Gasteiger partial charge in [0.25, 0.3) is 6.02 Å². The normalized spacial score (nSPS) is 31.6. The van der Waals surface area contributed by atoms with E-state index in [0.717, 1.165) is 12.8 Å². The van der Waals surface area contributed by atoms with Crippen molar-refractivity contribution in [3.8, 4) is 11.1 Å². The Labute approximate surface area is 156 Å². The summed E-state index contributed by atoms with van der Waals surface area (Å²) in [5, 5.41) is 15.8. The van der Waals surface area contributed by atoms with Crippen LogP contribution in [0.15, 0.2) is 41.7 Å². The Kier molecular flexibility index (Phi) is 3.66. The fourth-order valence-corrected chi connectivity index (χ4v) is 4.54. The maximum Gasteiger partial charge on any atom is 0.291 e. The van der Waals surface area contributed by atoms with Gasteiger partial charge in [0, 0.05) is 36.7 Å². The van der Waals surface area contributed by atoms with Crippen molar-refractivity contribution in [2.75, 3.05) is 31.5 Å². The van der Waals surface area contributed by atoms with Gasteiger partial charge >= 0.3 is 0 Å². The van der Waals surface area contributed by atoms with Crippen molar-refractivity contribution in [3.63, 3.8) is 0 Å². The van der Waals surface area contributed by atoms with Crippen LogP contribution < -0.4 is 5.32 Å². The molecule has 1 N–H and O–H groups in total. The molecular weight excluding hydrogens is 349 g/mol. The lowest BCUT2D eigenvalue weighted by atomic mass is 9.75. The predicted molar refractivity (Wildman–Crippen MR) is 98.1 cm³/mol. The second-order valence-corrected chi connectivity index (χ2v) is 7.62. The average Bonchev–Trinajstić information content (AvgIpc) is 3.04. The molecule has 4 aliphatic rings. The van der Waals surface area contributed by atoms with E-state index < -0.39 is 11.5 Å². The van der Waals surface area contributed by atoms with Gasteiger partial charge in [-0.2, -0.15) is 4.39 Å². The molecule has 27 heavy (non-hydrogen) atoms. The number of aliphatic imine (C=N–C) groups is 1. The van der Waals surface area contributed by atoms with Gasteiger partial charge in [-0.3, -0.25) is 5.32 Å². The number of aromatic nitrogens is 2. The number of hydrogen-bond donors (Lipinski definition) is 1. The SMILES string of the molecule is [O-][N+]12CCC(CC1)[C@]1(CN=C(Nc3cc(-c4cccnc4F)ccn3)O1)C2. The molecule has 6 rings (SSSR count). The first-order chi connectivity index (χ1) is 13.1. The van der Waals surface area contributed by atoms with E-state index in [1.54, 1.807) is 30.5 Å². The highest BCUT2D eigenvalue weighted by atomic mass is 19.1. The number of hydroxylamine groups is 3. The van der Waals surface area contributed by atoms with Crippen LogP contribution in [0.3, 0.4) is 0 Å². The van der Waals surface area contributed by atoms with Crippen molar-refractivity contribution < 1.29 is 13.8 Å². The van der Waals surface area contributed by atoms with E-state index in [2.05, 4.69) is 20.3 Å². The first-order valence-electron chi connectivity index (χ1n) is 9.20. The van der Waals surface area contributed by atoms with Crippen LogP contribution in [0.2, 0.25) is 0 Å². The Balaban J connectivity index is 1.34. The van der Waals surface area contributed by atoms with E-state index in [-0.39, 0.29) is 4.65 Å². The summed E-state index contributed by atoms with van der Waals surface area (Å²) in [6.45, 7) is 2.32. The quantitative estimate of drug-likeness (QED) is 0.500. The molecule has 2 aromatic rings. The summed E-state index contributed by atoms with van der Waals surface area (Å²) in [5.41, 5.74) is 0.579. The summed E-state index contributed by atoms with van der Waals surface area (Å²) >= 11 is 0. The summed E-state index contributed by atoms with van der Waals surface area (Å²) in [6, 6.07) is 7.20. The number of amidine groups is 1. The van der Waals surface area contributed by atoms with E-state index in [4.69, 9.17) is 4.74 Å². The summed E-state index contributed by atoms with van der Waals surface area (Å²) in [4.78, 5) is 12.4. The Hall–Kier alpha value is -2.58. The molecule has 6 heterocycles. The minimum atomic E-state index is -0.528. The van der Waals surface area contributed by atoms with Crippen LogP contribution in [0.4, 0.5) is 10.2 Å². The molecule has 3 saturated heterocycles. The maximum atomic E-state index is 13.9. The van der Waals surface area contributed by atoms with Crippen LogP contribution in [0.1, 0.15) is 12.8 Å². The number of anilines is 1. The minimum Gasteiger partial charge on any atom is -0.633 e. The summed E-state index contributed by atoms with van der Waals surface area (Å²) < 4.78 is 19.9. The van der Waals surface area contributed by atoms with Crippen molar-refractivity contribution in [2.24, 2.45) is 10.9 Å². The number of halogens is 1. The maximum absolute atomic E-state index is 13.9. The molecule has 0 amide bonds. The Morgan fingerprint density at radius 2 is 2.07 bits per heavy atom. The average molecular weight is 369 g/mol. The molecule has 1 atom stereocenters. The van der Waals surface area contributed by atoms with Gasteiger partial charge in [0.2, 0.25) is 5.95 Å². The van der Waals surface area contributed by atoms with E-state index in [9.17, 15) is 9.60 Å². The van der Waals surface area contributed by atoms with Gasteiger partial charge in [-0.25, -0.2) is 15.0 Å². The van der Waals surface area contributed by atoms with Gasteiger partial charge in [-0.1, -0.05) is 0 Å². The van der Waals surface area contributed by atoms with E-state index >= 15 is 0 Å². The number of piperidine rings is 3. The second-order valence-electron chi connectivity index (χ2n) is 7.62. The van der Waals surface area contributed by atoms with Gasteiger partial charge in [0.1, 0.15) is 12.4 Å². The molecule has 2 aromatic heterocycles. The first-order valence-corrected chi connectivity index (χ1v) is 9.20. The van der Waals surface area contributed by atoms with Crippen molar-refractivity contribution in [1.29, 1.82) is 0 Å². The van der Waals surface area contributed by atoms with Crippen LogP contribution in [0.25, 0.3) is 11.1 Å². The lowest BCUT2D eigenvalue weighted by Crippen LogP contribution is -2.67. The molecule has 0 saturated carbocycles. The highest BCUT2D eigenvalue weighted by Gasteiger charge is 2.56. The van der Waals surface area contributed by atoms with Crippen molar-refractivity contribution >= 4 is 11.8 Å². The molecule has 3 fully saturated rings. The number of nitrogens with zero attached hydrogens (tertiary/aromatic N) is 4. The fourth-order valence-electron chi connectivity index (χ4n) is 4.54. The van der Waals surface area contributed by atoms with Crippen LogP contribution >= 0.6 is 0 Å². The van der Waals surface area contributed by atoms with Crippen molar-refractivity contribution in [3.05, 3.63) is 47.8 Å². The summed E-state index contributed by atoms with van der Waals surface area (Å²) in [7, 11) is 0. The molecule has 2 bridgehead atoms. The van der Waals surface area contributed by atoms with Gasteiger partial charge in [0.05, 0.1) is 19.6 Å². The predicted octanol–water partition coefficient (Wildman–Crippen LogP) is 2.56. The van der Waals surface area contributed by atoms with Gasteiger partial charge in [0.15, 0.2) is 5.60 Å². The molecule has 0 radical (unpaired) electrons. The molecule has 8 heteroatoms. The monoisotopic (exact) mass is 369 g/mol. The molecular formula is C19H20FN5O2. The third-order valence-electron chi connectivity index (χ3n) is 5.93. The highest BCUT2D eigenvalue weighted by molar-refractivity contribution is 5.90. The van der Waals surface area contributed by atoms with E-state index in [1.165, 1.54) is 6.20 Å². The largest absolute Gasteiger partial charge is 0.633 e. The third-order valence-corrected chi connectivity index (χ3v) is 5.93. The fraction of sp³-hybridized carbons (Fsp3) is 0.421. The number of ether oxygens (including phenoxy) is 1. The number of rotatable bonds is 2.